The number of hydrogen-bond acceptors (Lipinski definition) is 3. The van der Waals surface area contributed by atoms with Gasteiger partial charge in [-0.2, -0.15) is 5.10 Å². The number of aromatic amines is 1. The number of nitrogens with zero attached hydrogens (tertiary/aromatic N) is 1. The summed E-state index contributed by atoms with van der Waals surface area (Å²) in [6.07, 6.45) is 0. The second-order valence-electron chi connectivity index (χ2n) is 4.21. The van der Waals surface area contributed by atoms with Gasteiger partial charge in [0.05, 0.1) is 0 Å². The van der Waals surface area contributed by atoms with Crippen LogP contribution < -0.4 is 10.6 Å². The van der Waals surface area contributed by atoms with Crippen molar-refractivity contribution < 1.29 is 9.59 Å². The highest BCUT2D eigenvalue weighted by Gasteiger charge is 2.14. The van der Waals surface area contributed by atoms with Gasteiger partial charge < -0.3 is 10.6 Å². The van der Waals surface area contributed by atoms with Crippen molar-refractivity contribution in [2.24, 2.45) is 0 Å². The van der Waals surface area contributed by atoms with Gasteiger partial charge in [-0.3, -0.25) is 14.7 Å². The number of carbonyl (C=O) groups is 2. The van der Waals surface area contributed by atoms with Gasteiger partial charge in [0.25, 0.3) is 0 Å². The van der Waals surface area contributed by atoms with Crippen molar-refractivity contribution in [3.05, 3.63) is 41.6 Å². The number of H-pyrrole nitrogens is 1. The Labute approximate surface area is 110 Å². The van der Waals surface area contributed by atoms with Gasteiger partial charge in [-0.05, 0) is 26.0 Å². The normalized spacial score (nSPS) is 10.0. The lowest BCUT2D eigenvalue weighted by Gasteiger charge is -2.04. The molecule has 0 saturated carbocycles. The average molecular weight is 258 g/mol. The van der Waals surface area contributed by atoms with Crippen LogP contribution in [-0.4, -0.2) is 22.0 Å². The third kappa shape index (κ3) is 3.41. The molecule has 0 spiro atoms. The van der Waals surface area contributed by atoms with Crippen molar-refractivity contribution in [3.63, 3.8) is 0 Å². The predicted molar refractivity (Wildman–Crippen MR) is 71.8 cm³/mol. The Kier molecular flexibility index (Phi) is 3.61. The summed E-state index contributed by atoms with van der Waals surface area (Å²) in [4.78, 5) is 23.3. The van der Waals surface area contributed by atoms with Crippen molar-refractivity contribution in [3.8, 4) is 0 Å². The Morgan fingerprint density at radius 3 is 2.26 bits per heavy atom. The van der Waals surface area contributed by atoms with Crippen molar-refractivity contribution in [1.82, 2.24) is 10.2 Å². The SMILES string of the molecule is Cc1ccc(NC(=O)C(=O)Nc2cc(C)[nH]n2)cc1. The smallest absolute Gasteiger partial charge is 0.315 e. The number of benzene rings is 1. The van der Waals surface area contributed by atoms with Gasteiger partial charge in [0.1, 0.15) is 0 Å². The van der Waals surface area contributed by atoms with E-state index in [1.54, 1.807) is 25.1 Å². The molecule has 0 aliphatic heterocycles. The first-order valence-electron chi connectivity index (χ1n) is 5.75. The first kappa shape index (κ1) is 12.8. The van der Waals surface area contributed by atoms with Gasteiger partial charge in [-0.15, -0.1) is 0 Å². The third-order valence-corrected chi connectivity index (χ3v) is 2.46. The van der Waals surface area contributed by atoms with Crippen LogP contribution in [0.15, 0.2) is 30.3 Å². The maximum atomic E-state index is 11.6. The van der Waals surface area contributed by atoms with Crippen LogP contribution in [0.4, 0.5) is 11.5 Å². The van der Waals surface area contributed by atoms with Crippen molar-refractivity contribution in [2.75, 3.05) is 10.6 Å². The van der Waals surface area contributed by atoms with Crippen molar-refractivity contribution in [1.29, 1.82) is 0 Å². The second-order valence-corrected chi connectivity index (χ2v) is 4.21. The van der Waals surface area contributed by atoms with Gasteiger partial charge in [-0.25, -0.2) is 0 Å². The molecule has 0 radical (unpaired) electrons. The molecule has 0 bridgehead atoms. The van der Waals surface area contributed by atoms with E-state index in [9.17, 15) is 9.59 Å². The van der Waals surface area contributed by atoms with Crippen molar-refractivity contribution >= 4 is 23.3 Å². The lowest BCUT2D eigenvalue weighted by molar-refractivity contribution is -0.133. The van der Waals surface area contributed by atoms with Gasteiger partial charge in [-0.1, -0.05) is 17.7 Å². The Morgan fingerprint density at radius 1 is 1.05 bits per heavy atom. The van der Waals surface area contributed by atoms with Crippen molar-refractivity contribution in [2.45, 2.75) is 13.8 Å². The largest absolute Gasteiger partial charge is 0.318 e. The van der Waals surface area contributed by atoms with E-state index in [-0.39, 0.29) is 0 Å². The quantitative estimate of drug-likeness (QED) is 0.715. The van der Waals surface area contributed by atoms with Crippen LogP contribution in [0.5, 0.6) is 0 Å². The minimum absolute atomic E-state index is 0.321. The number of nitrogens with one attached hydrogen (secondary N) is 3. The van der Waals surface area contributed by atoms with Gasteiger partial charge in [0.15, 0.2) is 5.82 Å². The fourth-order valence-corrected chi connectivity index (χ4v) is 1.48. The van der Waals surface area contributed by atoms with Crippen LogP contribution in [0.2, 0.25) is 0 Å². The summed E-state index contributed by atoms with van der Waals surface area (Å²) < 4.78 is 0. The van der Waals surface area contributed by atoms with Crippen LogP contribution >= 0.6 is 0 Å². The van der Waals surface area contributed by atoms with E-state index in [2.05, 4.69) is 20.8 Å². The maximum Gasteiger partial charge on any atom is 0.315 e. The molecule has 1 heterocycles. The van der Waals surface area contributed by atoms with E-state index in [0.29, 0.717) is 11.5 Å². The monoisotopic (exact) mass is 258 g/mol. The standard InChI is InChI=1S/C13H14N4O2/c1-8-3-5-10(6-4-8)14-12(18)13(19)15-11-7-9(2)16-17-11/h3-7H,1-2H3,(H,14,18)(H2,15,16,17,19). The van der Waals surface area contributed by atoms with Crippen LogP contribution in [0.25, 0.3) is 0 Å². The number of amides is 2. The van der Waals surface area contributed by atoms with Gasteiger partial charge in [0, 0.05) is 17.4 Å². The minimum atomic E-state index is -0.757. The molecule has 1 aromatic heterocycles. The summed E-state index contributed by atoms with van der Waals surface area (Å²) in [5.74, 6) is -1.17. The zero-order valence-corrected chi connectivity index (χ0v) is 10.7. The summed E-state index contributed by atoms with van der Waals surface area (Å²) in [6.45, 7) is 3.74. The van der Waals surface area contributed by atoms with Crippen LogP contribution in [0.3, 0.4) is 0 Å². The average Bonchev–Trinajstić information content (AvgIpc) is 2.77. The summed E-state index contributed by atoms with van der Waals surface area (Å²) in [7, 11) is 0. The fourth-order valence-electron chi connectivity index (χ4n) is 1.48. The summed E-state index contributed by atoms with van der Waals surface area (Å²) in [5, 5.41) is 11.4. The van der Waals surface area contributed by atoms with Gasteiger partial charge >= 0.3 is 11.8 Å². The lowest BCUT2D eigenvalue weighted by atomic mass is 10.2. The number of rotatable bonds is 2. The molecule has 0 saturated heterocycles. The topological polar surface area (TPSA) is 86.9 Å². The number of aryl methyl sites for hydroxylation is 2. The molecule has 0 atom stereocenters. The molecule has 6 nitrogen and oxygen atoms in total. The number of hydrogen-bond donors (Lipinski definition) is 3. The van der Waals surface area contributed by atoms with E-state index in [1.165, 1.54) is 0 Å². The molecule has 98 valence electrons. The first-order valence-corrected chi connectivity index (χ1v) is 5.75. The minimum Gasteiger partial charge on any atom is -0.318 e. The fraction of sp³-hybridized carbons (Fsp3) is 0.154. The first-order chi connectivity index (χ1) is 9.04. The van der Waals surface area contributed by atoms with Crippen LogP contribution in [0, 0.1) is 13.8 Å². The molecular weight excluding hydrogens is 244 g/mol. The lowest BCUT2D eigenvalue weighted by Crippen LogP contribution is -2.29. The number of anilines is 2. The van der Waals surface area contributed by atoms with Crippen LogP contribution in [0.1, 0.15) is 11.3 Å². The molecule has 2 amide bonds. The zero-order chi connectivity index (χ0) is 13.8. The maximum absolute atomic E-state index is 11.6. The van der Waals surface area contributed by atoms with E-state index in [1.807, 2.05) is 19.1 Å². The summed E-state index contributed by atoms with van der Waals surface area (Å²) >= 11 is 0. The molecular formula is C13H14N4O2. The summed E-state index contributed by atoms with van der Waals surface area (Å²) in [5.41, 5.74) is 2.45. The highest BCUT2D eigenvalue weighted by molar-refractivity contribution is 6.43. The molecule has 6 heteroatoms. The Morgan fingerprint density at radius 2 is 1.68 bits per heavy atom. The number of carbonyl (C=O) groups excluding carboxylic acids is 2. The van der Waals surface area contributed by atoms with E-state index in [4.69, 9.17) is 0 Å². The molecule has 0 fully saturated rings. The van der Waals surface area contributed by atoms with E-state index in [0.717, 1.165) is 11.3 Å². The number of aromatic nitrogens is 2. The molecule has 2 rings (SSSR count). The van der Waals surface area contributed by atoms with Gasteiger partial charge in [0.2, 0.25) is 0 Å². The Hall–Kier alpha value is -2.63. The molecule has 0 aliphatic carbocycles. The summed E-state index contributed by atoms with van der Waals surface area (Å²) in [6, 6.07) is 8.81. The molecule has 0 unspecified atom stereocenters. The van der Waals surface area contributed by atoms with E-state index >= 15 is 0 Å². The molecule has 2 aromatic rings. The Bertz CT molecular complexity index is 601. The molecule has 0 aliphatic rings. The molecule has 3 N–H and O–H groups in total. The highest BCUT2D eigenvalue weighted by Crippen LogP contribution is 2.09. The van der Waals surface area contributed by atoms with Crippen LogP contribution in [-0.2, 0) is 9.59 Å². The highest BCUT2D eigenvalue weighted by atomic mass is 16.2. The second kappa shape index (κ2) is 5.34. The molecule has 1 aromatic carbocycles. The molecule has 19 heavy (non-hydrogen) atoms. The Balaban J connectivity index is 1.96. The zero-order valence-electron chi connectivity index (χ0n) is 10.7. The predicted octanol–water partition coefficient (Wildman–Crippen LogP) is 1.60. The third-order valence-electron chi connectivity index (χ3n) is 2.46. The van der Waals surface area contributed by atoms with E-state index < -0.39 is 11.8 Å².